The molecule has 3 nitrogen and oxygen atoms in total. The molecular formula is C17H26ClNO2. The Bertz CT molecular complexity index is 388. The maximum atomic E-state index is 10.0. The van der Waals surface area contributed by atoms with Crippen LogP contribution in [0.15, 0.2) is 24.3 Å². The smallest absolute Gasteiger partial charge is 0.119 e. The van der Waals surface area contributed by atoms with Gasteiger partial charge in [0, 0.05) is 17.6 Å². The summed E-state index contributed by atoms with van der Waals surface area (Å²) >= 11 is 5.82. The summed E-state index contributed by atoms with van der Waals surface area (Å²) in [5.41, 5.74) is 0. The highest BCUT2D eigenvalue weighted by Crippen LogP contribution is 2.17. The van der Waals surface area contributed by atoms with Crippen molar-refractivity contribution in [2.24, 2.45) is 0 Å². The van der Waals surface area contributed by atoms with Crippen molar-refractivity contribution in [3.63, 3.8) is 0 Å². The van der Waals surface area contributed by atoms with E-state index >= 15 is 0 Å². The summed E-state index contributed by atoms with van der Waals surface area (Å²) < 4.78 is 5.56. The van der Waals surface area contributed by atoms with E-state index in [-0.39, 0.29) is 0 Å². The quantitative estimate of drug-likeness (QED) is 0.840. The van der Waals surface area contributed by atoms with E-state index in [1.165, 1.54) is 44.9 Å². The van der Waals surface area contributed by atoms with E-state index in [1.54, 1.807) is 12.1 Å². The Morgan fingerprint density at radius 1 is 1.10 bits per heavy atom. The van der Waals surface area contributed by atoms with Crippen molar-refractivity contribution < 1.29 is 9.84 Å². The van der Waals surface area contributed by atoms with Gasteiger partial charge in [0.1, 0.15) is 18.5 Å². The first-order valence-electron chi connectivity index (χ1n) is 8.04. The Morgan fingerprint density at radius 2 is 1.71 bits per heavy atom. The molecule has 4 heteroatoms. The van der Waals surface area contributed by atoms with Crippen molar-refractivity contribution in [2.45, 2.75) is 57.1 Å². The minimum atomic E-state index is -0.480. The summed E-state index contributed by atoms with van der Waals surface area (Å²) in [4.78, 5) is 0. The summed E-state index contributed by atoms with van der Waals surface area (Å²) in [5.74, 6) is 0.740. The second kappa shape index (κ2) is 9.29. The Hall–Kier alpha value is -0.770. The highest BCUT2D eigenvalue weighted by Gasteiger charge is 2.13. The van der Waals surface area contributed by atoms with Gasteiger partial charge in [-0.05, 0) is 37.1 Å². The zero-order valence-electron chi connectivity index (χ0n) is 12.6. The SMILES string of the molecule is OC(CNC1CCCCCCC1)COc1ccc(Cl)cc1. The standard InChI is InChI=1S/C17H26ClNO2/c18-14-8-10-17(11-9-14)21-13-16(20)12-19-15-6-4-2-1-3-5-7-15/h8-11,15-16,19-20H,1-7,12-13H2. The summed E-state index contributed by atoms with van der Waals surface area (Å²) in [6.07, 6.45) is 8.65. The Balaban J connectivity index is 1.64. The maximum absolute atomic E-state index is 10.0. The zero-order valence-corrected chi connectivity index (χ0v) is 13.3. The third-order valence-electron chi connectivity index (χ3n) is 4.00. The number of aliphatic hydroxyl groups is 1. The summed E-state index contributed by atoms with van der Waals surface area (Å²) in [6, 6.07) is 7.76. The third-order valence-corrected chi connectivity index (χ3v) is 4.26. The zero-order chi connectivity index (χ0) is 14.9. The molecule has 118 valence electrons. The van der Waals surface area contributed by atoms with Gasteiger partial charge >= 0.3 is 0 Å². The molecule has 1 atom stereocenters. The fourth-order valence-electron chi connectivity index (χ4n) is 2.75. The van der Waals surface area contributed by atoms with Crippen LogP contribution in [0, 0.1) is 0 Å². The third kappa shape index (κ3) is 6.68. The molecule has 0 spiro atoms. The number of benzene rings is 1. The Labute approximate surface area is 132 Å². The second-order valence-electron chi connectivity index (χ2n) is 5.87. The molecule has 2 N–H and O–H groups in total. The van der Waals surface area contributed by atoms with E-state index in [9.17, 15) is 5.11 Å². The van der Waals surface area contributed by atoms with Crippen LogP contribution in [-0.2, 0) is 0 Å². The predicted molar refractivity (Wildman–Crippen MR) is 87.1 cm³/mol. The van der Waals surface area contributed by atoms with Crippen molar-refractivity contribution in [1.82, 2.24) is 5.32 Å². The fourth-order valence-corrected chi connectivity index (χ4v) is 2.87. The summed E-state index contributed by atoms with van der Waals surface area (Å²) in [5, 5.41) is 14.2. The average molecular weight is 312 g/mol. The van der Waals surface area contributed by atoms with Gasteiger partial charge in [-0.15, -0.1) is 0 Å². The number of halogens is 1. The monoisotopic (exact) mass is 311 g/mol. The molecule has 0 aromatic heterocycles. The normalized spacial score (nSPS) is 18.8. The van der Waals surface area contributed by atoms with E-state index in [1.807, 2.05) is 12.1 Å². The van der Waals surface area contributed by atoms with E-state index in [4.69, 9.17) is 16.3 Å². The van der Waals surface area contributed by atoms with Gasteiger partial charge in [0.2, 0.25) is 0 Å². The molecular weight excluding hydrogens is 286 g/mol. The van der Waals surface area contributed by atoms with Crippen LogP contribution < -0.4 is 10.1 Å². The predicted octanol–water partition coefficient (Wildman–Crippen LogP) is 3.78. The lowest BCUT2D eigenvalue weighted by Gasteiger charge is -2.22. The first-order valence-corrected chi connectivity index (χ1v) is 8.41. The van der Waals surface area contributed by atoms with Crippen molar-refractivity contribution >= 4 is 11.6 Å². The fraction of sp³-hybridized carbons (Fsp3) is 0.647. The van der Waals surface area contributed by atoms with Crippen LogP contribution in [0.5, 0.6) is 5.75 Å². The van der Waals surface area contributed by atoms with Gasteiger partial charge in [0.15, 0.2) is 0 Å². The van der Waals surface area contributed by atoms with Crippen LogP contribution in [0.25, 0.3) is 0 Å². The van der Waals surface area contributed by atoms with Crippen LogP contribution in [0.3, 0.4) is 0 Å². The van der Waals surface area contributed by atoms with Gasteiger partial charge in [0.25, 0.3) is 0 Å². The number of rotatable bonds is 6. The van der Waals surface area contributed by atoms with Gasteiger partial charge in [0.05, 0.1) is 0 Å². The number of hydrogen-bond donors (Lipinski definition) is 2. The lowest BCUT2D eigenvalue weighted by Crippen LogP contribution is -2.38. The van der Waals surface area contributed by atoms with Crippen LogP contribution in [-0.4, -0.2) is 30.4 Å². The minimum Gasteiger partial charge on any atom is -0.491 e. The topological polar surface area (TPSA) is 41.5 Å². The van der Waals surface area contributed by atoms with E-state index in [2.05, 4.69) is 5.32 Å². The second-order valence-corrected chi connectivity index (χ2v) is 6.31. The molecule has 0 amide bonds. The average Bonchev–Trinajstić information content (AvgIpc) is 2.45. The molecule has 1 aliphatic rings. The van der Waals surface area contributed by atoms with Crippen LogP contribution in [0.1, 0.15) is 44.9 Å². The van der Waals surface area contributed by atoms with E-state index in [0.717, 1.165) is 5.75 Å². The van der Waals surface area contributed by atoms with E-state index in [0.29, 0.717) is 24.2 Å². The molecule has 1 unspecified atom stereocenters. The largest absolute Gasteiger partial charge is 0.491 e. The van der Waals surface area contributed by atoms with Gasteiger partial charge in [-0.2, -0.15) is 0 Å². The van der Waals surface area contributed by atoms with Gasteiger partial charge in [-0.3, -0.25) is 0 Å². The van der Waals surface area contributed by atoms with E-state index < -0.39 is 6.10 Å². The number of hydrogen-bond acceptors (Lipinski definition) is 3. The molecule has 1 aromatic carbocycles. The van der Waals surface area contributed by atoms with Crippen LogP contribution in [0.4, 0.5) is 0 Å². The van der Waals surface area contributed by atoms with Gasteiger partial charge in [-0.25, -0.2) is 0 Å². The molecule has 2 rings (SSSR count). The lowest BCUT2D eigenvalue weighted by atomic mass is 9.96. The molecule has 0 saturated heterocycles. The number of nitrogens with one attached hydrogen (secondary N) is 1. The molecule has 1 aliphatic carbocycles. The molecule has 0 bridgehead atoms. The molecule has 1 saturated carbocycles. The summed E-state index contributed by atoms with van der Waals surface area (Å²) in [6.45, 7) is 0.902. The number of ether oxygens (including phenoxy) is 1. The highest BCUT2D eigenvalue weighted by molar-refractivity contribution is 6.30. The van der Waals surface area contributed by atoms with Crippen LogP contribution in [0.2, 0.25) is 5.02 Å². The Kier molecular flexibility index (Phi) is 7.34. The van der Waals surface area contributed by atoms with Crippen LogP contribution >= 0.6 is 11.6 Å². The van der Waals surface area contributed by atoms with Crippen molar-refractivity contribution in [2.75, 3.05) is 13.2 Å². The first kappa shape index (κ1) is 16.6. The molecule has 1 fully saturated rings. The molecule has 0 radical (unpaired) electrons. The Morgan fingerprint density at radius 3 is 2.38 bits per heavy atom. The molecule has 21 heavy (non-hydrogen) atoms. The summed E-state index contributed by atoms with van der Waals surface area (Å²) in [7, 11) is 0. The van der Waals surface area contributed by atoms with Gasteiger partial charge in [-0.1, -0.05) is 43.7 Å². The number of aliphatic hydroxyl groups excluding tert-OH is 1. The maximum Gasteiger partial charge on any atom is 0.119 e. The van der Waals surface area contributed by atoms with Gasteiger partial charge < -0.3 is 15.2 Å². The molecule has 0 aliphatic heterocycles. The molecule has 0 heterocycles. The first-order chi connectivity index (χ1) is 10.2. The van der Waals surface area contributed by atoms with Crippen molar-refractivity contribution in [3.8, 4) is 5.75 Å². The van der Waals surface area contributed by atoms with Crippen molar-refractivity contribution in [1.29, 1.82) is 0 Å². The lowest BCUT2D eigenvalue weighted by molar-refractivity contribution is 0.102. The van der Waals surface area contributed by atoms with Crippen molar-refractivity contribution in [3.05, 3.63) is 29.3 Å². The molecule has 1 aromatic rings. The highest BCUT2D eigenvalue weighted by atomic mass is 35.5. The minimum absolute atomic E-state index is 0.307.